The Bertz CT molecular complexity index is 275. The first kappa shape index (κ1) is 8.73. The van der Waals surface area contributed by atoms with Crippen molar-refractivity contribution in [3.63, 3.8) is 0 Å². The van der Waals surface area contributed by atoms with Crippen LogP contribution in [0.3, 0.4) is 0 Å². The van der Waals surface area contributed by atoms with Crippen molar-refractivity contribution in [3.8, 4) is 0 Å². The predicted octanol–water partition coefficient (Wildman–Crippen LogP) is 1.21. The summed E-state index contributed by atoms with van der Waals surface area (Å²) < 4.78 is 0. The number of nitrogens with two attached hydrogens (primary N) is 1. The third kappa shape index (κ3) is 1.74. The molecule has 0 amide bonds. The van der Waals surface area contributed by atoms with Gasteiger partial charge in [0.15, 0.2) is 0 Å². The minimum absolute atomic E-state index is 0.210. The van der Waals surface area contributed by atoms with Gasteiger partial charge in [-0.05, 0) is 12.5 Å². The van der Waals surface area contributed by atoms with E-state index in [9.17, 15) is 0 Å². The van der Waals surface area contributed by atoms with E-state index in [1.165, 1.54) is 11.1 Å². The number of hydrogen-bond acceptors (Lipinski definition) is 2. The molecule has 1 aromatic carbocycles. The number of rotatable bonds is 2. The lowest BCUT2D eigenvalue weighted by Crippen LogP contribution is -2.47. The molecule has 1 atom stereocenters. The topological polar surface area (TPSA) is 38.0 Å². The summed E-state index contributed by atoms with van der Waals surface area (Å²) in [4.78, 5) is 0. The van der Waals surface area contributed by atoms with Crippen LogP contribution in [0.25, 0.3) is 0 Å². The molecule has 1 aliphatic heterocycles. The van der Waals surface area contributed by atoms with Crippen LogP contribution in [0.15, 0.2) is 24.3 Å². The van der Waals surface area contributed by atoms with Gasteiger partial charge in [-0.15, -0.1) is 0 Å². The molecule has 3 N–H and O–H groups in total. The first-order valence-electron chi connectivity index (χ1n) is 4.80. The average molecular weight is 176 g/mol. The molecule has 0 aliphatic carbocycles. The van der Waals surface area contributed by atoms with Crippen molar-refractivity contribution in [2.45, 2.75) is 13.0 Å². The highest BCUT2D eigenvalue weighted by molar-refractivity contribution is 5.24. The Morgan fingerprint density at radius 3 is 2.38 bits per heavy atom. The molecule has 1 unspecified atom stereocenters. The zero-order valence-corrected chi connectivity index (χ0v) is 7.96. The molecule has 0 bridgehead atoms. The SMILES string of the molecule is Cc1ccc(C(N)C2CNC2)cc1. The highest BCUT2D eigenvalue weighted by Crippen LogP contribution is 2.22. The number of benzene rings is 1. The van der Waals surface area contributed by atoms with Crippen LogP contribution < -0.4 is 11.1 Å². The van der Waals surface area contributed by atoms with Crippen molar-refractivity contribution in [2.24, 2.45) is 11.7 Å². The van der Waals surface area contributed by atoms with Crippen LogP contribution in [-0.2, 0) is 0 Å². The lowest BCUT2D eigenvalue weighted by atomic mass is 9.89. The lowest BCUT2D eigenvalue weighted by Gasteiger charge is -2.32. The third-order valence-electron chi connectivity index (χ3n) is 2.78. The Kier molecular flexibility index (Phi) is 2.34. The zero-order chi connectivity index (χ0) is 9.26. The molecular weight excluding hydrogens is 160 g/mol. The smallest absolute Gasteiger partial charge is 0.0347 e. The van der Waals surface area contributed by atoms with Gasteiger partial charge < -0.3 is 11.1 Å². The second-order valence-electron chi connectivity index (χ2n) is 3.85. The first-order valence-corrected chi connectivity index (χ1v) is 4.80. The minimum Gasteiger partial charge on any atom is -0.324 e. The highest BCUT2D eigenvalue weighted by atomic mass is 15.0. The number of aryl methyl sites for hydroxylation is 1. The summed E-state index contributed by atoms with van der Waals surface area (Å²) in [7, 11) is 0. The van der Waals surface area contributed by atoms with Gasteiger partial charge in [-0.3, -0.25) is 0 Å². The molecule has 1 aromatic rings. The lowest BCUT2D eigenvalue weighted by molar-refractivity contribution is 0.295. The molecule has 70 valence electrons. The maximum atomic E-state index is 6.11. The van der Waals surface area contributed by atoms with Crippen LogP contribution in [0.2, 0.25) is 0 Å². The Labute approximate surface area is 79.1 Å². The van der Waals surface area contributed by atoms with E-state index in [-0.39, 0.29) is 6.04 Å². The molecule has 0 radical (unpaired) electrons. The fourth-order valence-corrected chi connectivity index (χ4v) is 1.63. The molecule has 1 aliphatic rings. The summed E-state index contributed by atoms with van der Waals surface area (Å²) >= 11 is 0. The van der Waals surface area contributed by atoms with E-state index in [4.69, 9.17) is 5.73 Å². The summed E-state index contributed by atoms with van der Waals surface area (Å²) in [6, 6.07) is 8.74. The molecule has 1 heterocycles. The summed E-state index contributed by atoms with van der Waals surface area (Å²) in [6.07, 6.45) is 0. The molecule has 2 heteroatoms. The van der Waals surface area contributed by atoms with E-state index >= 15 is 0 Å². The maximum Gasteiger partial charge on any atom is 0.0347 e. The van der Waals surface area contributed by atoms with Crippen molar-refractivity contribution in [1.82, 2.24) is 5.32 Å². The second kappa shape index (κ2) is 3.48. The minimum atomic E-state index is 0.210. The Balaban J connectivity index is 2.10. The number of hydrogen-bond donors (Lipinski definition) is 2. The van der Waals surface area contributed by atoms with Gasteiger partial charge in [-0.25, -0.2) is 0 Å². The van der Waals surface area contributed by atoms with Crippen molar-refractivity contribution in [2.75, 3.05) is 13.1 Å². The fraction of sp³-hybridized carbons (Fsp3) is 0.455. The van der Waals surface area contributed by atoms with E-state index in [0.29, 0.717) is 5.92 Å². The van der Waals surface area contributed by atoms with Crippen LogP contribution in [0, 0.1) is 12.8 Å². The van der Waals surface area contributed by atoms with E-state index in [1.807, 2.05) is 0 Å². The molecule has 0 spiro atoms. The van der Waals surface area contributed by atoms with E-state index in [1.54, 1.807) is 0 Å². The summed E-state index contributed by atoms with van der Waals surface area (Å²) in [5.41, 5.74) is 8.67. The molecule has 13 heavy (non-hydrogen) atoms. The van der Waals surface area contributed by atoms with Crippen molar-refractivity contribution in [3.05, 3.63) is 35.4 Å². The highest BCUT2D eigenvalue weighted by Gasteiger charge is 2.24. The quantitative estimate of drug-likeness (QED) is 0.711. The third-order valence-corrected chi connectivity index (χ3v) is 2.78. The van der Waals surface area contributed by atoms with Gasteiger partial charge in [-0.1, -0.05) is 29.8 Å². The molecule has 2 nitrogen and oxygen atoms in total. The van der Waals surface area contributed by atoms with Gasteiger partial charge in [0, 0.05) is 25.0 Å². The van der Waals surface area contributed by atoms with Crippen LogP contribution in [-0.4, -0.2) is 13.1 Å². The molecule has 0 saturated carbocycles. The van der Waals surface area contributed by atoms with Crippen LogP contribution in [0.5, 0.6) is 0 Å². The fourth-order valence-electron chi connectivity index (χ4n) is 1.63. The molecular formula is C11H16N2. The van der Waals surface area contributed by atoms with Gasteiger partial charge >= 0.3 is 0 Å². The molecule has 2 rings (SSSR count). The summed E-state index contributed by atoms with van der Waals surface area (Å²) in [6.45, 7) is 4.23. The average Bonchev–Trinajstić information content (AvgIpc) is 2.02. The van der Waals surface area contributed by atoms with Crippen LogP contribution in [0.1, 0.15) is 17.2 Å². The van der Waals surface area contributed by atoms with Gasteiger partial charge in [-0.2, -0.15) is 0 Å². The summed E-state index contributed by atoms with van der Waals surface area (Å²) in [5.74, 6) is 0.628. The monoisotopic (exact) mass is 176 g/mol. The largest absolute Gasteiger partial charge is 0.324 e. The zero-order valence-electron chi connectivity index (χ0n) is 7.96. The standard InChI is InChI=1S/C11H16N2/c1-8-2-4-9(5-3-8)11(12)10-6-13-7-10/h2-5,10-11,13H,6-7,12H2,1H3. The van der Waals surface area contributed by atoms with Gasteiger partial charge in [0.05, 0.1) is 0 Å². The molecule has 1 saturated heterocycles. The number of nitrogens with one attached hydrogen (secondary N) is 1. The van der Waals surface area contributed by atoms with E-state index in [2.05, 4.69) is 36.5 Å². The van der Waals surface area contributed by atoms with Crippen molar-refractivity contribution >= 4 is 0 Å². The van der Waals surface area contributed by atoms with E-state index in [0.717, 1.165) is 13.1 Å². The van der Waals surface area contributed by atoms with Gasteiger partial charge in [0.2, 0.25) is 0 Å². The van der Waals surface area contributed by atoms with E-state index < -0.39 is 0 Å². The Morgan fingerprint density at radius 1 is 1.31 bits per heavy atom. The van der Waals surface area contributed by atoms with Crippen LogP contribution >= 0.6 is 0 Å². The second-order valence-corrected chi connectivity index (χ2v) is 3.85. The predicted molar refractivity (Wildman–Crippen MR) is 54.5 cm³/mol. The van der Waals surface area contributed by atoms with Crippen molar-refractivity contribution < 1.29 is 0 Å². The van der Waals surface area contributed by atoms with Gasteiger partial charge in [0.25, 0.3) is 0 Å². The van der Waals surface area contributed by atoms with Crippen LogP contribution in [0.4, 0.5) is 0 Å². The first-order chi connectivity index (χ1) is 6.27. The molecule has 0 aromatic heterocycles. The van der Waals surface area contributed by atoms with Gasteiger partial charge in [0.1, 0.15) is 0 Å². The normalized spacial score (nSPS) is 19.5. The maximum absolute atomic E-state index is 6.11. The van der Waals surface area contributed by atoms with Crippen molar-refractivity contribution in [1.29, 1.82) is 0 Å². The summed E-state index contributed by atoms with van der Waals surface area (Å²) in [5, 5.41) is 3.24. The molecule has 1 fully saturated rings. The Hall–Kier alpha value is -0.860. The Morgan fingerprint density at radius 2 is 1.92 bits per heavy atom.